The Morgan fingerprint density at radius 3 is 1.95 bits per heavy atom. The third kappa shape index (κ3) is 1.82. The van der Waals surface area contributed by atoms with Crippen molar-refractivity contribution in [3.63, 3.8) is 0 Å². The van der Waals surface area contributed by atoms with Crippen LogP contribution >= 0.6 is 0 Å². The molecule has 1 aromatic carbocycles. The van der Waals surface area contributed by atoms with Crippen LogP contribution in [0.5, 0.6) is 11.8 Å². The molecule has 2 rings (SSSR count). The second kappa shape index (κ2) is 4.19. The molecule has 5 heteroatoms. The summed E-state index contributed by atoms with van der Waals surface area (Å²) in [5, 5.41) is 30.7. The van der Waals surface area contributed by atoms with E-state index >= 15 is 0 Å². The highest BCUT2D eigenvalue weighted by Gasteiger charge is 2.37. The Kier molecular flexibility index (Phi) is 2.92. The summed E-state index contributed by atoms with van der Waals surface area (Å²) in [4.78, 5) is 11.3. The maximum Gasteiger partial charge on any atom is 0.311 e. The summed E-state index contributed by atoms with van der Waals surface area (Å²) < 4.78 is 1.26. The number of carboxylic acid groups (broad SMARTS) is 1. The van der Waals surface area contributed by atoms with Crippen molar-refractivity contribution in [1.29, 1.82) is 0 Å². The molecule has 0 radical (unpaired) electrons. The van der Waals surface area contributed by atoms with Crippen LogP contribution in [0, 0.1) is 5.41 Å². The number of carbonyl (C=O) groups is 1. The molecule has 102 valence electrons. The molecule has 0 saturated carbocycles. The van der Waals surface area contributed by atoms with Gasteiger partial charge in [0.25, 0.3) is 0 Å². The average molecular weight is 263 g/mol. The van der Waals surface area contributed by atoms with E-state index in [-0.39, 0.29) is 11.8 Å². The molecule has 1 unspecified atom stereocenters. The van der Waals surface area contributed by atoms with E-state index < -0.39 is 17.4 Å². The zero-order chi connectivity index (χ0) is 14.4. The number of benzene rings is 1. The largest absolute Gasteiger partial charge is 0.494 e. The number of carboxylic acids is 1. The van der Waals surface area contributed by atoms with Gasteiger partial charge in [-0.05, 0) is 32.9 Å². The first kappa shape index (κ1) is 13.3. The molecule has 0 aliphatic rings. The molecule has 1 heterocycles. The Bertz CT molecular complexity index is 603. The number of aromatic hydroxyl groups is 2. The molecule has 1 atom stereocenters. The molecule has 0 saturated heterocycles. The van der Waals surface area contributed by atoms with Gasteiger partial charge in [-0.2, -0.15) is 0 Å². The van der Waals surface area contributed by atoms with Crippen LogP contribution in [0.4, 0.5) is 0 Å². The monoisotopic (exact) mass is 263 g/mol. The Hall–Kier alpha value is -2.17. The zero-order valence-electron chi connectivity index (χ0n) is 11.1. The smallest absolute Gasteiger partial charge is 0.311 e. The maximum absolute atomic E-state index is 11.3. The minimum absolute atomic E-state index is 0.116. The number of rotatable bonds is 3. The lowest BCUT2D eigenvalue weighted by atomic mass is 9.85. The first-order valence-electron chi connectivity index (χ1n) is 6.02. The Balaban J connectivity index is 2.67. The fourth-order valence-corrected chi connectivity index (χ4v) is 2.10. The van der Waals surface area contributed by atoms with Gasteiger partial charge in [0.15, 0.2) is 0 Å². The second-order valence-electron chi connectivity index (χ2n) is 5.27. The summed E-state index contributed by atoms with van der Waals surface area (Å²) in [5.41, 5.74) is -1.12. The van der Waals surface area contributed by atoms with Gasteiger partial charge in [-0.15, -0.1) is 0 Å². The topological polar surface area (TPSA) is 82.7 Å². The number of nitrogens with zero attached hydrogens (tertiary/aromatic N) is 1. The summed E-state index contributed by atoms with van der Waals surface area (Å²) in [7, 11) is 0. The number of aromatic nitrogens is 1. The van der Waals surface area contributed by atoms with Crippen molar-refractivity contribution in [3.8, 4) is 11.8 Å². The van der Waals surface area contributed by atoms with E-state index in [2.05, 4.69) is 0 Å². The normalized spacial score (nSPS) is 13.6. The minimum Gasteiger partial charge on any atom is -0.494 e. The predicted molar refractivity (Wildman–Crippen MR) is 71.4 cm³/mol. The van der Waals surface area contributed by atoms with Gasteiger partial charge >= 0.3 is 5.97 Å². The molecule has 0 spiro atoms. The number of hydrogen-bond acceptors (Lipinski definition) is 3. The highest BCUT2D eigenvalue weighted by atomic mass is 16.4. The number of fused-ring (bicyclic) bond motifs is 1. The SMILES string of the molecule is CC(n1c(O)c2ccccc2c1O)C(C)(C)C(=O)O. The summed E-state index contributed by atoms with van der Waals surface area (Å²) in [6.07, 6.45) is 0. The fraction of sp³-hybridized carbons (Fsp3) is 0.357. The lowest BCUT2D eigenvalue weighted by molar-refractivity contribution is -0.149. The molecule has 5 nitrogen and oxygen atoms in total. The van der Waals surface area contributed by atoms with Crippen molar-refractivity contribution < 1.29 is 20.1 Å². The number of aliphatic carboxylic acids is 1. The lowest BCUT2D eigenvalue weighted by Gasteiger charge is -2.29. The first-order valence-corrected chi connectivity index (χ1v) is 6.02. The third-order valence-corrected chi connectivity index (χ3v) is 3.85. The van der Waals surface area contributed by atoms with Gasteiger partial charge in [0, 0.05) is 10.8 Å². The summed E-state index contributed by atoms with van der Waals surface area (Å²) in [6, 6.07) is 6.26. The third-order valence-electron chi connectivity index (χ3n) is 3.85. The van der Waals surface area contributed by atoms with Gasteiger partial charge in [-0.1, -0.05) is 12.1 Å². The molecule has 0 amide bonds. The summed E-state index contributed by atoms with van der Waals surface area (Å²) in [6.45, 7) is 4.78. The van der Waals surface area contributed by atoms with Crippen molar-refractivity contribution in [1.82, 2.24) is 4.57 Å². The van der Waals surface area contributed by atoms with E-state index in [0.29, 0.717) is 10.8 Å². The highest BCUT2D eigenvalue weighted by Crippen LogP contribution is 2.43. The van der Waals surface area contributed by atoms with Gasteiger partial charge in [0.1, 0.15) is 0 Å². The van der Waals surface area contributed by atoms with Gasteiger partial charge < -0.3 is 15.3 Å². The molecular weight excluding hydrogens is 246 g/mol. The highest BCUT2D eigenvalue weighted by molar-refractivity contribution is 5.93. The van der Waals surface area contributed by atoms with Crippen LogP contribution in [0.25, 0.3) is 10.8 Å². The van der Waals surface area contributed by atoms with Crippen molar-refractivity contribution >= 4 is 16.7 Å². The van der Waals surface area contributed by atoms with Crippen LogP contribution in [0.1, 0.15) is 26.8 Å². The maximum atomic E-state index is 11.3. The Morgan fingerprint density at radius 1 is 1.16 bits per heavy atom. The van der Waals surface area contributed by atoms with E-state index in [1.807, 2.05) is 0 Å². The van der Waals surface area contributed by atoms with Crippen LogP contribution in [0.3, 0.4) is 0 Å². The summed E-state index contributed by atoms with van der Waals surface area (Å²) >= 11 is 0. The molecule has 0 aliphatic heterocycles. The molecule has 0 fully saturated rings. The standard InChI is InChI=1S/C14H17NO4/c1-8(14(2,3)13(18)19)15-11(16)9-6-4-5-7-10(9)12(15)17/h4-8,16-17H,1-3H3,(H,18,19). The fourth-order valence-electron chi connectivity index (χ4n) is 2.10. The molecule has 2 aromatic rings. The van der Waals surface area contributed by atoms with Gasteiger partial charge in [-0.25, -0.2) is 0 Å². The zero-order valence-corrected chi connectivity index (χ0v) is 11.1. The van der Waals surface area contributed by atoms with Crippen LogP contribution in [-0.2, 0) is 4.79 Å². The van der Waals surface area contributed by atoms with Crippen LogP contribution in [-0.4, -0.2) is 25.9 Å². The van der Waals surface area contributed by atoms with Gasteiger partial charge in [0.2, 0.25) is 11.8 Å². The first-order chi connectivity index (χ1) is 8.78. The Morgan fingerprint density at radius 2 is 1.58 bits per heavy atom. The molecule has 0 bridgehead atoms. The Labute approximate surface area is 110 Å². The molecule has 19 heavy (non-hydrogen) atoms. The van der Waals surface area contributed by atoms with Crippen molar-refractivity contribution in [2.75, 3.05) is 0 Å². The second-order valence-corrected chi connectivity index (χ2v) is 5.27. The van der Waals surface area contributed by atoms with Gasteiger partial charge in [-0.3, -0.25) is 9.36 Å². The van der Waals surface area contributed by atoms with Crippen molar-refractivity contribution in [3.05, 3.63) is 24.3 Å². The van der Waals surface area contributed by atoms with E-state index in [4.69, 9.17) is 0 Å². The number of hydrogen-bond donors (Lipinski definition) is 3. The minimum atomic E-state index is -1.12. The van der Waals surface area contributed by atoms with Crippen molar-refractivity contribution in [2.45, 2.75) is 26.8 Å². The molecular formula is C14H17NO4. The van der Waals surface area contributed by atoms with Crippen LogP contribution in [0.2, 0.25) is 0 Å². The molecule has 0 aliphatic carbocycles. The average Bonchev–Trinajstić information content (AvgIpc) is 2.61. The van der Waals surface area contributed by atoms with E-state index in [1.54, 1.807) is 45.0 Å². The molecule has 1 aromatic heterocycles. The van der Waals surface area contributed by atoms with E-state index in [1.165, 1.54) is 4.57 Å². The van der Waals surface area contributed by atoms with Crippen LogP contribution in [0.15, 0.2) is 24.3 Å². The summed E-state index contributed by atoms with van der Waals surface area (Å²) in [5.74, 6) is -1.22. The molecule has 3 N–H and O–H groups in total. The van der Waals surface area contributed by atoms with Gasteiger partial charge in [0.05, 0.1) is 11.5 Å². The quantitative estimate of drug-likeness (QED) is 0.795. The predicted octanol–water partition coefficient (Wildman–Crippen LogP) is 2.72. The van der Waals surface area contributed by atoms with E-state index in [0.717, 1.165) is 0 Å². The van der Waals surface area contributed by atoms with Crippen molar-refractivity contribution in [2.24, 2.45) is 5.41 Å². The van der Waals surface area contributed by atoms with E-state index in [9.17, 15) is 20.1 Å². The van der Waals surface area contributed by atoms with Crippen LogP contribution < -0.4 is 0 Å². The lowest BCUT2D eigenvalue weighted by Crippen LogP contribution is -2.32.